The number of benzene rings is 2. The molecule has 1 aliphatic rings. The number of nitrogens with one attached hydrogen (secondary N) is 1. The summed E-state index contributed by atoms with van der Waals surface area (Å²) < 4.78 is 2.84. The smallest absolute Gasteiger partial charge is 0.128 e. The minimum Gasteiger partial charge on any atom is -0.507 e. The van der Waals surface area contributed by atoms with Gasteiger partial charge < -0.3 is 10.4 Å². The molecule has 0 spiro atoms. The Morgan fingerprint density at radius 1 is 1.21 bits per heavy atom. The third-order valence-electron chi connectivity index (χ3n) is 6.16. The van der Waals surface area contributed by atoms with Crippen molar-refractivity contribution in [1.82, 2.24) is 20.0 Å². The molecule has 0 saturated carbocycles. The van der Waals surface area contributed by atoms with Gasteiger partial charge in [0.1, 0.15) is 11.6 Å². The van der Waals surface area contributed by atoms with Crippen molar-refractivity contribution >= 4 is 27.3 Å². The van der Waals surface area contributed by atoms with Gasteiger partial charge in [0.15, 0.2) is 0 Å². The molecule has 0 radical (unpaired) electrons. The van der Waals surface area contributed by atoms with E-state index in [0.29, 0.717) is 11.5 Å². The van der Waals surface area contributed by atoms with E-state index >= 15 is 0 Å². The molecule has 2 heterocycles. The highest BCUT2D eigenvalue weighted by Crippen LogP contribution is 2.27. The number of para-hydroxylation sites is 1. The molecule has 1 saturated heterocycles. The lowest BCUT2D eigenvalue weighted by Gasteiger charge is -2.33. The molecule has 33 heavy (non-hydrogen) atoms. The van der Waals surface area contributed by atoms with Gasteiger partial charge in [0.2, 0.25) is 0 Å². The molecule has 2 aromatic carbocycles. The quantitative estimate of drug-likeness (QED) is 0.386. The number of hydrogen-bond donors (Lipinski definition) is 2. The van der Waals surface area contributed by atoms with Gasteiger partial charge in [-0.05, 0) is 71.4 Å². The molecule has 2 N–H and O–H groups in total. The number of likely N-dealkylation sites (tertiary alicyclic amines) is 1. The number of phenols is 1. The van der Waals surface area contributed by atoms with Gasteiger partial charge in [-0.3, -0.25) is 4.90 Å². The van der Waals surface area contributed by atoms with Crippen LogP contribution in [-0.4, -0.2) is 39.4 Å². The van der Waals surface area contributed by atoms with Gasteiger partial charge in [0.25, 0.3) is 0 Å². The van der Waals surface area contributed by atoms with Crippen molar-refractivity contribution in [3.05, 3.63) is 94.7 Å². The highest BCUT2D eigenvalue weighted by atomic mass is 79.9. The van der Waals surface area contributed by atoms with E-state index in [0.717, 1.165) is 47.7 Å². The third kappa shape index (κ3) is 5.95. The van der Waals surface area contributed by atoms with Crippen molar-refractivity contribution in [2.24, 2.45) is 5.92 Å². The Labute approximate surface area is 204 Å². The Hall–Kier alpha value is -2.83. The van der Waals surface area contributed by atoms with Gasteiger partial charge >= 0.3 is 0 Å². The molecule has 3 aromatic rings. The van der Waals surface area contributed by atoms with Crippen molar-refractivity contribution in [2.75, 3.05) is 19.6 Å². The number of aromatic hydroxyl groups is 1. The number of piperidine rings is 1. The molecular weight excluding hydrogens is 476 g/mol. The zero-order valence-electron chi connectivity index (χ0n) is 19.0. The van der Waals surface area contributed by atoms with Gasteiger partial charge in [-0.1, -0.05) is 55.1 Å². The van der Waals surface area contributed by atoms with E-state index in [1.165, 1.54) is 18.4 Å². The van der Waals surface area contributed by atoms with E-state index in [1.54, 1.807) is 12.3 Å². The predicted octanol–water partition coefficient (Wildman–Crippen LogP) is 5.67. The average molecular weight is 507 g/mol. The molecule has 172 valence electrons. The summed E-state index contributed by atoms with van der Waals surface area (Å²) >= 11 is 3.57. The van der Waals surface area contributed by atoms with E-state index in [1.807, 2.05) is 35.9 Å². The van der Waals surface area contributed by atoms with Crippen molar-refractivity contribution in [3.8, 4) is 5.75 Å². The van der Waals surface area contributed by atoms with Gasteiger partial charge in [-0.25, -0.2) is 4.68 Å². The van der Waals surface area contributed by atoms with Gasteiger partial charge in [0.05, 0.1) is 16.4 Å². The maximum Gasteiger partial charge on any atom is 0.128 e. The van der Waals surface area contributed by atoms with Crippen LogP contribution in [0.5, 0.6) is 5.75 Å². The minimum absolute atomic E-state index is 0.223. The maximum atomic E-state index is 10.3. The van der Waals surface area contributed by atoms with Crippen LogP contribution in [0.4, 0.5) is 0 Å². The fourth-order valence-electron chi connectivity index (χ4n) is 4.36. The molecular formula is C27H31BrN4O. The summed E-state index contributed by atoms with van der Waals surface area (Å²) in [5.41, 5.74) is 3.82. The number of halogens is 1. The standard InChI is InChI=1S/C27H31BrN4O/c1-20(24-12-6-7-13-26(24)33)15-27(32-21(2)25(28)17-30-32)29-16-23-11-8-14-31(19-23)18-22-9-4-3-5-10-22/h3-7,9-10,12-13,15,17,23,29,33H,1,8,11,14,16,18-19H2,2H3/b27-15-. The van der Waals surface area contributed by atoms with Crippen molar-refractivity contribution in [2.45, 2.75) is 26.3 Å². The highest BCUT2D eigenvalue weighted by Gasteiger charge is 2.21. The number of nitrogens with zero attached hydrogens (tertiary/aromatic N) is 3. The third-order valence-corrected chi connectivity index (χ3v) is 6.94. The highest BCUT2D eigenvalue weighted by molar-refractivity contribution is 9.10. The summed E-state index contributed by atoms with van der Waals surface area (Å²) in [4.78, 5) is 2.55. The molecule has 0 bridgehead atoms. The van der Waals surface area contributed by atoms with Crippen molar-refractivity contribution in [1.29, 1.82) is 0 Å². The minimum atomic E-state index is 0.223. The average Bonchev–Trinajstić information content (AvgIpc) is 3.16. The number of phenolic OH excluding ortho intramolecular Hbond substituents is 1. The molecule has 4 rings (SSSR count). The number of hydrogen-bond acceptors (Lipinski definition) is 4. The van der Waals surface area contributed by atoms with Crippen LogP contribution in [0.3, 0.4) is 0 Å². The summed E-state index contributed by atoms with van der Waals surface area (Å²) in [5.74, 6) is 1.62. The lowest BCUT2D eigenvalue weighted by Crippen LogP contribution is -2.39. The van der Waals surface area contributed by atoms with Gasteiger partial charge in [-0.2, -0.15) is 5.10 Å². The lowest BCUT2D eigenvalue weighted by molar-refractivity contribution is 0.168. The summed E-state index contributed by atoms with van der Waals surface area (Å²) in [6, 6.07) is 18.0. The Morgan fingerprint density at radius 2 is 1.97 bits per heavy atom. The van der Waals surface area contributed by atoms with Crippen LogP contribution in [0.2, 0.25) is 0 Å². The van der Waals surface area contributed by atoms with E-state index in [-0.39, 0.29) is 5.75 Å². The molecule has 0 aliphatic carbocycles. The van der Waals surface area contributed by atoms with Crippen LogP contribution in [0.1, 0.15) is 29.7 Å². The zero-order valence-corrected chi connectivity index (χ0v) is 20.6. The summed E-state index contributed by atoms with van der Waals surface area (Å²) in [6.45, 7) is 10.3. The van der Waals surface area contributed by atoms with E-state index in [2.05, 4.69) is 68.2 Å². The first-order valence-corrected chi connectivity index (χ1v) is 12.2. The largest absolute Gasteiger partial charge is 0.507 e. The first kappa shape index (κ1) is 23.3. The summed E-state index contributed by atoms with van der Waals surface area (Å²) in [5, 5.41) is 18.4. The van der Waals surface area contributed by atoms with Gasteiger partial charge in [-0.15, -0.1) is 0 Å². The Bertz CT molecular complexity index is 1120. The summed E-state index contributed by atoms with van der Waals surface area (Å²) in [7, 11) is 0. The van der Waals surface area contributed by atoms with Crippen molar-refractivity contribution < 1.29 is 5.11 Å². The van der Waals surface area contributed by atoms with Crippen LogP contribution in [0.25, 0.3) is 11.4 Å². The Morgan fingerprint density at radius 3 is 2.70 bits per heavy atom. The SMILES string of the molecule is C=C(/C=C(/NCC1CCCN(Cc2ccccc2)C1)n1ncc(Br)c1C)c1ccccc1O. The maximum absolute atomic E-state index is 10.3. The van der Waals surface area contributed by atoms with Crippen LogP contribution in [0, 0.1) is 12.8 Å². The fourth-order valence-corrected chi connectivity index (χ4v) is 4.62. The zero-order chi connectivity index (χ0) is 23.2. The van der Waals surface area contributed by atoms with E-state index in [4.69, 9.17) is 0 Å². The lowest BCUT2D eigenvalue weighted by atomic mass is 9.97. The van der Waals surface area contributed by atoms with Crippen LogP contribution >= 0.6 is 15.9 Å². The Balaban J connectivity index is 1.48. The normalized spacial score (nSPS) is 17.2. The van der Waals surface area contributed by atoms with Gasteiger partial charge in [0, 0.05) is 25.2 Å². The molecule has 1 atom stereocenters. The predicted molar refractivity (Wildman–Crippen MR) is 139 cm³/mol. The van der Waals surface area contributed by atoms with E-state index < -0.39 is 0 Å². The van der Waals surface area contributed by atoms with E-state index in [9.17, 15) is 5.11 Å². The monoisotopic (exact) mass is 506 g/mol. The van der Waals surface area contributed by atoms with Crippen LogP contribution < -0.4 is 5.32 Å². The molecule has 6 heteroatoms. The summed E-state index contributed by atoms with van der Waals surface area (Å²) in [6.07, 6.45) is 6.17. The molecule has 1 fully saturated rings. The molecule has 1 aromatic heterocycles. The number of allylic oxidation sites excluding steroid dienone is 2. The number of rotatable bonds is 8. The molecule has 1 aliphatic heterocycles. The fraction of sp³-hybridized carbons (Fsp3) is 0.296. The molecule has 5 nitrogen and oxygen atoms in total. The topological polar surface area (TPSA) is 53.3 Å². The molecule has 1 unspecified atom stereocenters. The second kappa shape index (κ2) is 10.9. The van der Waals surface area contributed by atoms with Crippen LogP contribution in [0.15, 0.2) is 77.9 Å². The van der Waals surface area contributed by atoms with Crippen LogP contribution in [-0.2, 0) is 6.54 Å². The second-order valence-corrected chi connectivity index (χ2v) is 9.53. The first-order valence-electron chi connectivity index (χ1n) is 11.4. The Kier molecular flexibility index (Phi) is 7.68. The molecule has 0 amide bonds. The first-order chi connectivity index (χ1) is 16.0. The van der Waals surface area contributed by atoms with Crippen molar-refractivity contribution in [3.63, 3.8) is 0 Å². The second-order valence-electron chi connectivity index (χ2n) is 8.67. The number of aromatic nitrogens is 2.